The maximum Gasteiger partial charge on any atom is 0.411 e. The van der Waals surface area contributed by atoms with Crippen LogP contribution >= 0.6 is 0 Å². The minimum atomic E-state index is -5.75. The Hall–Kier alpha value is -1.91. The molecule has 0 spiro atoms. The molecule has 0 saturated heterocycles. The minimum absolute atomic E-state index is 0.228. The van der Waals surface area contributed by atoms with Gasteiger partial charge < -0.3 is 18.8 Å². The van der Waals surface area contributed by atoms with Crippen molar-refractivity contribution in [2.75, 3.05) is 9.96 Å². The first-order valence-corrected chi connectivity index (χ1v) is 27.2. The lowest BCUT2D eigenvalue weighted by molar-refractivity contribution is -0.288. The van der Waals surface area contributed by atoms with Crippen molar-refractivity contribution in [3.05, 3.63) is 47.5 Å². The van der Waals surface area contributed by atoms with Gasteiger partial charge in [0, 0.05) is 34.6 Å². The van der Waals surface area contributed by atoms with Crippen molar-refractivity contribution in [1.82, 2.24) is 0 Å². The Balaban J connectivity index is 3.13. The van der Waals surface area contributed by atoms with Gasteiger partial charge >= 0.3 is 12.4 Å². The highest BCUT2D eigenvalue weighted by atomic mass is 28.4. The van der Waals surface area contributed by atoms with Crippen LogP contribution in [-0.2, 0) is 5.41 Å². The average Bonchev–Trinajstić information content (AvgIpc) is 2.64. The SMILES string of the molecule is C[Si](C)(C)Nc1cc(O[Si](C)(C)C)ccc1C(c1ccc(O[Si](C)(C)C)cc1N[Si](C)(C)C)(C(F)(F)F)C(F)(F)F. The molecule has 2 aromatic rings. The molecule has 0 saturated carbocycles. The largest absolute Gasteiger partial charge is 0.544 e. The van der Waals surface area contributed by atoms with Gasteiger partial charge in [-0.05, 0) is 51.4 Å². The molecule has 0 aliphatic carbocycles. The van der Waals surface area contributed by atoms with Crippen LogP contribution in [-0.4, -0.2) is 45.5 Å². The first-order chi connectivity index (χ1) is 18.1. The molecule has 0 atom stereocenters. The van der Waals surface area contributed by atoms with Crippen LogP contribution in [0.4, 0.5) is 37.7 Å². The summed E-state index contributed by atoms with van der Waals surface area (Å²) in [7, 11) is -9.34. The second-order valence-electron chi connectivity index (χ2n) is 14.3. The van der Waals surface area contributed by atoms with Gasteiger partial charge in [-0.15, -0.1) is 0 Å². The van der Waals surface area contributed by atoms with Gasteiger partial charge in [-0.1, -0.05) is 51.4 Å². The van der Waals surface area contributed by atoms with E-state index in [0.29, 0.717) is 0 Å². The third-order valence-corrected chi connectivity index (χ3v) is 9.24. The maximum atomic E-state index is 15.4. The second-order valence-corrected chi connectivity index (χ2v) is 32.7. The van der Waals surface area contributed by atoms with Gasteiger partial charge in [-0.3, -0.25) is 0 Å². The van der Waals surface area contributed by atoms with E-state index in [2.05, 4.69) is 9.96 Å². The molecule has 0 aromatic heterocycles. The molecule has 0 bridgehead atoms. The van der Waals surface area contributed by atoms with E-state index in [9.17, 15) is 0 Å². The monoisotopic (exact) mass is 654 g/mol. The Morgan fingerprint density at radius 1 is 0.512 bits per heavy atom. The summed E-state index contributed by atoms with van der Waals surface area (Å²) < 4.78 is 104. The van der Waals surface area contributed by atoms with Gasteiger partial charge in [-0.2, -0.15) is 26.3 Å². The van der Waals surface area contributed by atoms with Gasteiger partial charge in [-0.25, -0.2) is 0 Å². The van der Waals surface area contributed by atoms with Crippen LogP contribution in [0.2, 0.25) is 78.6 Å². The Bertz CT molecular complexity index is 1130. The summed E-state index contributed by atoms with van der Waals surface area (Å²) in [6.45, 7) is 22.2. The summed E-state index contributed by atoms with van der Waals surface area (Å²) in [6.07, 6.45) is -11.5. The molecule has 0 fully saturated rings. The van der Waals surface area contributed by atoms with Crippen LogP contribution in [0.5, 0.6) is 11.5 Å². The van der Waals surface area contributed by atoms with Crippen molar-refractivity contribution in [3.63, 3.8) is 0 Å². The fourth-order valence-corrected chi connectivity index (χ4v) is 8.16. The highest BCUT2D eigenvalue weighted by molar-refractivity contribution is 6.79. The number of nitrogens with one attached hydrogen (secondary N) is 2. The van der Waals surface area contributed by atoms with Crippen LogP contribution in [0.15, 0.2) is 36.4 Å². The van der Waals surface area contributed by atoms with Crippen molar-refractivity contribution in [2.24, 2.45) is 0 Å². The summed E-state index contributed by atoms with van der Waals surface area (Å²) in [5.41, 5.74) is -6.66. The third kappa shape index (κ3) is 9.04. The average molecular weight is 655 g/mol. The van der Waals surface area contributed by atoms with Gasteiger partial charge in [0.25, 0.3) is 0 Å². The van der Waals surface area contributed by atoms with Crippen LogP contribution in [0.25, 0.3) is 0 Å². The smallest absolute Gasteiger partial charge is 0.411 e. The normalized spacial score (nSPS) is 14.1. The zero-order valence-corrected chi connectivity index (χ0v) is 30.0. The lowest BCUT2D eigenvalue weighted by Gasteiger charge is -2.42. The molecule has 2 aromatic carbocycles. The van der Waals surface area contributed by atoms with E-state index in [1.807, 2.05) is 78.6 Å². The number of benzene rings is 2. The Labute approximate surface area is 244 Å². The summed E-state index contributed by atoms with van der Waals surface area (Å²) >= 11 is 0. The first kappa shape index (κ1) is 35.3. The molecule has 2 rings (SSSR count). The van der Waals surface area contributed by atoms with Crippen molar-refractivity contribution in [3.8, 4) is 11.5 Å². The Morgan fingerprint density at radius 3 is 1.02 bits per heavy atom. The maximum absolute atomic E-state index is 15.4. The summed E-state index contributed by atoms with van der Waals surface area (Å²) in [5.74, 6) is 0.456. The van der Waals surface area contributed by atoms with Gasteiger partial charge in [0.15, 0.2) is 0 Å². The molecule has 0 heterocycles. The van der Waals surface area contributed by atoms with E-state index in [1.54, 1.807) is 0 Å². The highest BCUT2D eigenvalue weighted by Gasteiger charge is 2.74. The number of rotatable bonds is 10. The quantitative estimate of drug-likeness (QED) is 0.198. The first-order valence-electron chi connectivity index (χ1n) is 13.4. The molecule has 0 aliphatic heterocycles. The minimum Gasteiger partial charge on any atom is -0.544 e. The highest BCUT2D eigenvalue weighted by Crippen LogP contribution is 2.60. The van der Waals surface area contributed by atoms with E-state index >= 15 is 26.3 Å². The van der Waals surface area contributed by atoms with E-state index in [0.717, 1.165) is 12.1 Å². The number of halogens is 6. The van der Waals surface area contributed by atoms with Gasteiger partial charge in [0.05, 0.1) is 0 Å². The Morgan fingerprint density at radius 2 is 0.805 bits per heavy atom. The predicted octanol–water partition coefficient (Wildman–Crippen LogP) is 10.0. The number of anilines is 2. The third-order valence-electron chi connectivity index (χ3n) is 5.51. The zero-order valence-electron chi connectivity index (χ0n) is 26.0. The fraction of sp³-hybridized carbons (Fsp3) is 0.556. The van der Waals surface area contributed by atoms with E-state index in [-0.39, 0.29) is 22.9 Å². The van der Waals surface area contributed by atoms with Crippen LogP contribution in [0.3, 0.4) is 0 Å². The lowest BCUT2D eigenvalue weighted by atomic mass is 9.71. The van der Waals surface area contributed by atoms with E-state index in [1.165, 1.54) is 24.3 Å². The molecular weight excluding hydrogens is 611 g/mol. The summed E-state index contributed by atoms with van der Waals surface area (Å²) in [6, 6.07) is 6.83. The number of alkyl halides is 6. The number of hydrogen-bond donors (Lipinski definition) is 2. The molecule has 232 valence electrons. The van der Waals surface area contributed by atoms with Crippen molar-refractivity contribution in [1.29, 1.82) is 0 Å². The van der Waals surface area contributed by atoms with Crippen molar-refractivity contribution in [2.45, 2.75) is 96.3 Å². The molecule has 41 heavy (non-hydrogen) atoms. The van der Waals surface area contributed by atoms with Gasteiger partial charge in [0.2, 0.25) is 22.0 Å². The predicted molar refractivity (Wildman–Crippen MR) is 168 cm³/mol. The molecule has 0 aliphatic rings. The molecule has 0 unspecified atom stereocenters. The molecule has 0 radical (unpaired) electrons. The van der Waals surface area contributed by atoms with Crippen LogP contribution < -0.4 is 18.8 Å². The molecule has 0 amide bonds. The molecular formula is C27H44F6N2O2Si4. The van der Waals surface area contributed by atoms with E-state index in [4.69, 9.17) is 8.85 Å². The van der Waals surface area contributed by atoms with Gasteiger partial charge in [0.1, 0.15) is 28.0 Å². The zero-order chi connectivity index (χ0) is 32.0. The van der Waals surface area contributed by atoms with Crippen LogP contribution in [0, 0.1) is 0 Å². The topological polar surface area (TPSA) is 42.5 Å². The summed E-state index contributed by atoms with van der Waals surface area (Å²) in [4.78, 5) is 6.10. The van der Waals surface area contributed by atoms with Crippen LogP contribution in [0.1, 0.15) is 11.1 Å². The lowest BCUT2D eigenvalue weighted by Crippen LogP contribution is -2.56. The second kappa shape index (κ2) is 11.3. The van der Waals surface area contributed by atoms with Crippen molar-refractivity contribution < 1.29 is 35.2 Å². The fourth-order valence-electron chi connectivity index (χ4n) is 4.47. The molecule has 14 heteroatoms. The standard InChI is InChI=1S/C27H44F6N2O2Si4/c1-38(2,3)34-23-17-19(36-40(7,8)9)13-15-21(23)25(26(28,29)30,27(31,32)33)22-16-14-20(37-41(10,11)12)18-24(22)35-39(4,5)6/h13-18,34-35H,1-12H3. The van der Waals surface area contributed by atoms with Crippen molar-refractivity contribution >= 4 is 44.5 Å². The van der Waals surface area contributed by atoms with E-state index < -0.39 is 62.0 Å². The molecule has 4 nitrogen and oxygen atoms in total. The summed E-state index contributed by atoms with van der Waals surface area (Å²) in [5, 5.41) is 0. The molecule has 2 N–H and O–H groups in total. The number of hydrogen-bond acceptors (Lipinski definition) is 4. The Kier molecular flexibility index (Phi) is 9.73.